The lowest BCUT2D eigenvalue weighted by Crippen LogP contribution is -2.05. The summed E-state index contributed by atoms with van der Waals surface area (Å²) in [6, 6.07) is 8.33. The molecule has 0 bridgehead atoms. The Labute approximate surface area is 117 Å². The van der Waals surface area contributed by atoms with Gasteiger partial charge in [0.1, 0.15) is 11.9 Å². The maximum absolute atomic E-state index is 13.3. The average molecular weight is 279 g/mol. The minimum absolute atomic E-state index is 0.284. The van der Waals surface area contributed by atoms with Crippen LogP contribution in [0, 0.1) is 26.6 Å². The fourth-order valence-electron chi connectivity index (χ4n) is 2.44. The highest BCUT2D eigenvalue weighted by atomic mass is 35.5. The lowest BCUT2D eigenvalue weighted by atomic mass is 9.92. The Hall–Kier alpha value is -1.38. The van der Waals surface area contributed by atoms with Crippen molar-refractivity contribution >= 4 is 11.6 Å². The Balaban J connectivity index is 2.52. The van der Waals surface area contributed by atoms with Crippen molar-refractivity contribution in [2.45, 2.75) is 26.9 Å². The highest BCUT2D eigenvalue weighted by Gasteiger charge is 2.17. The van der Waals surface area contributed by atoms with Crippen LogP contribution in [0.3, 0.4) is 0 Å². The fraction of sp³-hybridized carbons (Fsp3) is 0.250. The summed E-state index contributed by atoms with van der Waals surface area (Å²) in [5, 5.41) is 11.1. The predicted octanol–water partition coefficient (Wildman–Crippen LogP) is 4.49. The molecule has 100 valence electrons. The molecule has 0 heterocycles. The number of aliphatic hydroxyl groups excluding tert-OH is 1. The molecule has 0 aromatic heterocycles. The van der Waals surface area contributed by atoms with Gasteiger partial charge in [0.2, 0.25) is 0 Å². The van der Waals surface area contributed by atoms with Gasteiger partial charge in [0.05, 0.1) is 0 Å². The highest BCUT2D eigenvalue weighted by molar-refractivity contribution is 6.30. The van der Waals surface area contributed by atoms with Gasteiger partial charge in [-0.15, -0.1) is 0 Å². The standard InChI is InChI=1S/C16H16ClFO/c1-9-4-12(8-13(17)5-9)16(19)15-10(2)6-14(18)7-11(15)3/h4-8,16,19H,1-3H3. The zero-order chi connectivity index (χ0) is 14.2. The van der Waals surface area contributed by atoms with E-state index in [1.165, 1.54) is 12.1 Å². The first-order chi connectivity index (χ1) is 8.88. The maximum atomic E-state index is 13.3. The van der Waals surface area contributed by atoms with E-state index in [0.717, 1.165) is 27.8 Å². The van der Waals surface area contributed by atoms with Gasteiger partial charge in [-0.1, -0.05) is 17.7 Å². The third-order valence-corrected chi connectivity index (χ3v) is 3.43. The molecular formula is C16H16ClFO. The van der Waals surface area contributed by atoms with Gasteiger partial charge < -0.3 is 5.11 Å². The molecule has 0 aliphatic rings. The van der Waals surface area contributed by atoms with Crippen molar-refractivity contribution < 1.29 is 9.50 Å². The van der Waals surface area contributed by atoms with Crippen molar-refractivity contribution in [2.24, 2.45) is 0 Å². The summed E-state index contributed by atoms with van der Waals surface area (Å²) in [5.74, 6) is -0.284. The second-order valence-corrected chi connectivity index (χ2v) is 5.35. The van der Waals surface area contributed by atoms with Crippen LogP contribution in [0.15, 0.2) is 30.3 Å². The number of hydrogen-bond donors (Lipinski definition) is 1. The summed E-state index contributed by atoms with van der Waals surface area (Å²) in [7, 11) is 0. The molecule has 0 aliphatic heterocycles. The van der Waals surface area contributed by atoms with Gasteiger partial charge in [-0.3, -0.25) is 0 Å². The van der Waals surface area contributed by atoms with E-state index >= 15 is 0 Å². The molecule has 2 aromatic carbocycles. The van der Waals surface area contributed by atoms with Crippen LogP contribution in [-0.2, 0) is 0 Å². The first-order valence-electron chi connectivity index (χ1n) is 6.10. The lowest BCUT2D eigenvalue weighted by molar-refractivity contribution is 0.218. The summed E-state index contributed by atoms with van der Waals surface area (Å²) in [5.41, 5.74) is 3.93. The SMILES string of the molecule is Cc1cc(Cl)cc(C(O)c2c(C)cc(F)cc2C)c1. The molecule has 1 N–H and O–H groups in total. The minimum atomic E-state index is -0.794. The fourth-order valence-corrected chi connectivity index (χ4v) is 2.74. The Morgan fingerprint density at radius 2 is 1.58 bits per heavy atom. The van der Waals surface area contributed by atoms with Crippen LogP contribution in [0.25, 0.3) is 0 Å². The Bertz CT molecular complexity index is 579. The molecule has 0 amide bonds. The Morgan fingerprint density at radius 1 is 1.00 bits per heavy atom. The molecule has 1 unspecified atom stereocenters. The molecule has 0 saturated carbocycles. The quantitative estimate of drug-likeness (QED) is 0.858. The predicted molar refractivity (Wildman–Crippen MR) is 76.1 cm³/mol. The van der Waals surface area contributed by atoms with Crippen molar-refractivity contribution in [3.05, 3.63) is 69.0 Å². The van der Waals surface area contributed by atoms with Crippen molar-refractivity contribution in [3.8, 4) is 0 Å². The molecule has 0 fully saturated rings. The molecule has 1 nitrogen and oxygen atoms in total. The summed E-state index contributed by atoms with van der Waals surface area (Å²) >= 11 is 6.02. The van der Waals surface area contributed by atoms with E-state index in [1.54, 1.807) is 19.9 Å². The molecule has 0 aliphatic carbocycles. The Kier molecular flexibility index (Phi) is 3.93. The van der Waals surface area contributed by atoms with Gasteiger partial charge in [0.15, 0.2) is 0 Å². The monoisotopic (exact) mass is 278 g/mol. The van der Waals surface area contributed by atoms with E-state index in [4.69, 9.17) is 11.6 Å². The first-order valence-corrected chi connectivity index (χ1v) is 6.48. The number of rotatable bonds is 2. The maximum Gasteiger partial charge on any atom is 0.123 e. The number of hydrogen-bond acceptors (Lipinski definition) is 1. The van der Waals surface area contributed by atoms with E-state index < -0.39 is 6.10 Å². The van der Waals surface area contributed by atoms with Crippen LogP contribution in [0.2, 0.25) is 5.02 Å². The molecule has 19 heavy (non-hydrogen) atoms. The van der Waals surface area contributed by atoms with Crippen molar-refractivity contribution in [2.75, 3.05) is 0 Å². The van der Waals surface area contributed by atoms with Crippen LogP contribution in [0.5, 0.6) is 0 Å². The zero-order valence-corrected chi connectivity index (χ0v) is 11.9. The van der Waals surface area contributed by atoms with E-state index in [0.29, 0.717) is 5.02 Å². The largest absolute Gasteiger partial charge is 0.384 e. The van der Waals surface area contributed by atoms with E-state index in [2.05, 4.69) is 0 Å². The second kappa shape index (κ2) is 5.32. The molecule has 1 atom stereocenters. The summed E-state index contributed by atoms with van der Waals surface area (Å²) in [6.07, 6.45) is -0.794. The summed E-state index contributed by atoms with van der Waals surface area (Å²) < 4.78 is 13.3. The molecule has 2 aromatic rings. The van der Waals surface area contributed by atoms with Gasteiger partial charge in [0, 0.05) is 5.02 Å². The molecular weight excluding hydrogens is 263 g/mol. The third kappa shape index (κ3) is 2.96. The normalized spacial score (nSPS) is 12.5. The topological polar surface area (TPSA) is 20.2 Å². The van der Waals surface area contributed by atoms with Crippen molar-refractivity contribution in [1.82, 2.24) is 0 Å². The third-order valence-electron chi connectivity index (χ3n) is 3.21. The average Bonchev–Trinajstić information content (AvgIpc) is 2.25. The number of aliphatic hydroxyl groups is 1. The van der Waals surface area contributed by atoms with Crippen LogP contribution in [0.4, 0.5) is 4.39 Å². The number of halogens is 2. The van der Waals surface area contributed by atoms with Gasteiger partial charge in [-0.2, -0.15) is 0 Å². The zero-order valence-electron chi connectivity index (χ0n) is 11.2. The minimum Gasteiger partial charge on any atom is -0.384 e. The van der Waals surface area contributed by atoms with Crippen molar-refractivity contribution in [3.63, 3.8) is 0 Å². The van der Waals surface area contributed by atoms with Crippen LogP contribution in [0.1, 0.15) is 33.9 Å². The number of aryl methyl sites for hydroxylation is 3. The van der Waals surface area contributed by atoms with E-state index in [1.807, 2.05) is 19.1 Å². The molecule has 3 heteroatoms. The van der Waals surface area contributed by atoms with E-state index in [9.17, 15) is 9.50 Å². The molecule has 0 spiro atoms. The van der Waals surface area contributed by atoms with Crippen LogP contribution in [-0.4, -0.2) is 5.11 Å². The van der Waals surface area contributed by atoms with Crippen molar-refractivity contribution in [1.29, 1.82) is 0 Å². The molecule has 0 radical (unpaired) electrons. The van der Waals surface area contributed by atoms with Gasteiger partial charge in [0.25, 0.3) is 0 Å². The van der Waals surface area contributed by atoms with Crippen LogP contribution >= 0.6 is 11.6 Å². The van der Waals surface area contributed by atoms with Crippen LogP contribution < -0.4 is 0 Å². The van der Waals surface area contributed by atoms with Gasteiger partial charge in [-0.05, 0) is 72.9 Å². The molecule has 2 rings (SSSR count). The second-order valence-electron chi connectivity index (χ2n) is 4.92. The van der Waals surface area contributed by atoms with Gasteiger partial charge in [-0.25, -0.2) is 4.39 Å². The van der Waals surface area contributed by atoms with E-state index in [-0.39, 0.29) is 5.82 Å². The first kappa shape index (κ1) is 14.0. The summed E-state index contributed by atoms with van der Waals surface area (Å²) in [4.78, 5) is 0. The molecule has 0 saturated heterocycles. The Morgan fingerprint density at radius 3 is 2.11 bits per heavy atom. The summed E-state index contributed by atoms with van der Waals surface area (Å²) in [6.45, 7) is 5.52. The highest BCUT2D eigenvalue weighted by Crippen LogP contribution is 2.30. The lowest BCUT2D eigenvalue weighted by Gasteiger charge is -2.18. The van der Waals surface area contributed by atoms with Gasteiger partial charge >= 0.3 is 0 Å². The number of benzene rings is 2. The smallest absolute Gasteiger partial charge is 0.123 e.